The maximum Gasteiger partial charge on any atom is 0.274 e. The van der Waals surface area contributed by atoms with Crippen LogP contribution in [0.2, 0.25) is 0 Å². The van der Waals surface area contributed by atoms with Crippen LogP contribution in [-0.2, 0) is 11.3 Å². The van der Waals surface area contributed by atoms with Crippen LogP contribution in [0.3, 0.4) is 0 Å². The van der Waals surface area contributed by atoms with Crippen molar-refractivity contribution >= 4 is 24.0 Å². The molecule has 7 heteroatoms. The molecule has 104 valence electrons. The maximum absolute atomic E-state index is 11.9. The molecule has 6 nitrogen and oxygen atoms in total. The van der Waals surface area contributed by atoms with Crippen molar-refractivity contribution in [1.82, 2.24) is 4.90 Å². The van der Waals surface area contributed by atoms with E-state index < -0.39 is 10.5 Å². The summed E-state index contributed by atoms with van der Waals surface area (Å²) in [5, 5.41) is 10.9. The second-order valence-corrected chi connectivity index (χ2v) is 4.70. The third kappa shape index (κ3) is 3.21. The predicted octanol–water partition coefficient (Wildman–Crippen LogP) is 1.47. The largest absolute Gasteiger partial charge is 0.340 e. The van der Waals surface area contributed by atoms with E-state index in [0.717, 1.165) is 0 Å². The maximum atomic E-state index is 11.9. The van der Waals surface area contributed by atoms with Crippen LogP contribution in [0.1, 0.15) is 18.4 Å². The van der Waals surface area contributed by atoms with E-state index in [1.807, 2.05) is 0 Å². The highest BCUT2D eigenvalue weighted by molar-refractivity contribution is 5.88. The zero-order chi connectivity index (χ0) is 13.3. The van der Waals surface area contributed by atoms with Crippen LogP contribution in [0.5, 0.6) is 0 Å². The third-order valence-corrected chi connectivity index (χ3v) is 3.16. The first-order valence-electron chi connectivity index (χ1n) is 5.71. The molecule has 0 saturated heterocycles. The number of hydrogen-bond acceptors (Lipinski definition) is 4. The molecular formula is C12H16ClN3O3. The van der Waals surface area contributed by atoms with E-state index in [9.17, 15) is 14.9 Å². The highest BCUT2D eigenvalue weighted by Crippen LogP contribution is 2.34. The number of hydrogen-bond donors (Lipinski definition) is 1. The van der Waals surface area contributed by atoms with Crippen molar-refractivity contribution in [2.24, 2.45) is 5.73 Å². The van der Waals surface area contributed by atoms with Crippen molar-refractivity contribution in [2.75, 3.05) is 7.05 Å². The summed E-state index contributed by atoms with van der Waals surface area (Å²) in [5.41, 5.74) is 5.62. The molecule has 0 bridgehead atoms. The van der Waals surface area contributed by atoms with Gasteiger partial charge in [-0.3, -0.25) is 14.9 Å². The Morgan fingerprint density at radius 2 is 2.05 bits per heavy atom. The summed E-state index contributed by atoms with van der Waals surface area (Å²) < 4.78 is 0. The van der Waals surface area contributed by atoms with Crippen molar-refractivity contribution in [3.63, 3.8) is 0 Å². The number of nitro benzene ring substituents is 1. The Hall–Kier alpha value is -1.66. The molecule has 1 aliphatic rings. The van der Waals surface area contributed by atoms with Gasteiger partial charge in [-0.1, -0.05) is 18.2 Å². The van der Waals surface area contributed by atoms with E-state index in [2.05, 4.69) is 0 Å². The van der Waals surface area contributed by atoms with Gasteiger partial charge in [-0.15, -0.1) is 12.4 Å². The number of halogens is 1. The summed E-state index contributed by atoms with van der Waals surface area (Å²) in [6.07, 6.45) is 1.38. The first-order chi connectivity index (χ1) is 8.44. The molecule has 2 N–H and O–H groups in total. The quantitative estimate of drug-likeness (QED) is 0.670. The molecular weight excluding hydrogens is 270 g/mol. The Bertz CT molecular complexity index is 503. The fraction of sp³-hybridized carbons (Fsp3) is 0.417. The summed E-state index contributed by atoms with van der Waals surface area (Å²) in [7, 11) is 1.62. The number of para-hydroxylation sites is 1. The normalized spacial score (nSPS) is 15.3. The highest BCUT2D eigenvalue weighted by Gasteiger charge is 2.47. The fourth-order valence-corrected chi connectivity index (χ4v) is 1.88. The fourth-order valence-electron chi connectivity index (χ4n) is 1.88. The topological polar surface area (TPSA) is 89.5 Å². The first kappa shape index (κ1) is 15.4. The van der Waals surface area contributed by atoms with Gasteiger partial charge in [0.05, 0.1) is 17.0 Å². The Balaban J connectivity index is 0.00000180. The Labute approximate surface area is 117 Å². The van der Waals surface area contributed by atoms with E-state index in [-0.39, 0.29) is 30.5 Å². The van der Waals surface area contributed by atoms with Crippen LogP contribution in [-0.4, -0.2) is 28.3 Å². The zero-order valence-corrected chi connectivity index (χ0v) is 11.4. The van der Waals surface area contributed by atoms with Crippen molar-refractivity contribution in [3.05, 3.63) is 39.9 Å². The lowest BCUT2D eigenvalue weighted by atomic mass is 10.1. The van der Waals surface area contributed by atoms with Crippen molar-refractivity contribution < 1.29 is 9.72 Å². The van der Waals surface area contributed by atoms with Gasteiger partial charge in [0.15, 0.2) is 0 Å². The van der Waals surface area contributed by atoms with Crippen LogP contribution in [0, 0.1) is 10.1 Å². The van der Waals surface area contributed by atoms with Crippen LogP contribution < -0.4 is 5.73 Å². The van der Waals surface area contributed by atoms with E-state index >= 15 is 0 Å². The molecule has 19 heavy (non-hydrogen) atoms. The predicted molar refractivity (Wildman–Crippen MR) is 73.0 cm³/mol. The lowest BCUT2D eigenvalue weighted by Crippen LogP contribution is -2.43. The van der Waals surface area contributed by atoms with Crippen LogP contribution >= 0.6 is 12.4 Å². The number of benzene rings is 1. The van der Waals surface area contributed by atoms with Gasteiger partial charge in [-0.25, -0.2) is 0 Å². The number of likely N-dealkylation sites (N-methyl/N-ethyl adjacent to an activating group) is 1. The van der Waals surface area contributed by atoms with Gasteiger partial charge < -0.3 is 10.6 Å². The van der Waals surface area contributed by atoms with E-state index in [0.29, 0.717) is 18.4 Å². The van der Waals surface area contributed by atoms with Gasteiger partial charge in [0.25, 0.3) is 5.69 Å². The molecule has 0 spiro atoms. The van der Waals surface area contributed by atoms with E-state index in [4.69, 9.17) is 5.73 Å². The molecule has 0 radical (unpaired) electrons. The van der Waals surface area contributed by atoms with Gasteiger partial charge in [-0.2, -0.15) is 0 Å². The van der Waals surface area contributed by atoms with Crippen molar-refractivity contribution in [1.29, 1.82) is 0 Å². The molecule has 1 fully saturated rings. The zero-order valence-electron chi connectivity index (χ0n) is 10.5. The minimum absolute atomic E-state index is 0. The van der Waals surface area contributed by atoms with E-state index in [1.54, 1.807) is 25.2 Å². The summed E-state index contributed by atoms with van der Waals surface area (Å²) >= 11 is 0. The monoisotopic (exact) mass is 285 g/mol. The summed E-state index contributed by atoms with van der Waals surface area (Å²) in [6.45, 7) is 0.203. The van der Waals surface area contributed by atoms with Gasteiger partial charge >= 0.3 is 0 Å². The molecule has 1 aliphatic carbocycles. The minimum Gasteiger partial charge on any atom is -0.340 e. The number of carbonyl (C=O) groups excluding carboxylic acids is 1. The molecule has 0 aromatic heterocycles. The van der Waals surface area contributed by atoms with Crippen LogP contribution in [0.25, 0.3) is 0 Å². The van der Waals surface area contributed by atoms with Crippen molar-refractivity contribution in [3.8, 4) is 0 Å². The Morgan fingerprint density at radius 1 is 1.47 bits per heavy atom. The molecule has 0 aliphatic heterocycles. The summed E-state index contributed by atoms with van der Waals surface area (Å²) in [5.74, 6) is -0.152. The Morgan fingerprint density at radius 3 is 2.58 bits per heavy atom. The minimum atomic E-state index is -0.738. The number of nitrogens with zero attached hydrogens (tertiary/aromatic N) is 2. The number of nitro groups is 1. The molecule has 1 amide bonds. The average Bonchev–Trinajstić information content (AvgIpc) is 3.08. The lowest BCUT2D eigenvalue weighted by molar-refractivity contribution is -0.385. The molecule has 0 atom stereocenters. The molecule has 0 heterocycles. The van der Waals surface area contributed by atoms with E-state index in [1.165, 1.54) is 11.0 Å². The molecule has 1 aromatic rings. The molecule has 1 aromatic carbocycles. The number of amides is 1. The molecule has 1 saturated carbocycles. The molecule has 0 unspecified atom stereocenters. The second kappa shape index (κ2) is 5.54. The molecule has 2 rings (SSSR count). The van der Waals surface area contributed by atoms with Crippen LogP contribution in [0.4, 0.5) is 5.69 Å². The number of carbonyl (C=O) groups is 1. The lowest BCUT2D eigenvalue weighted by Gasteiger charge is -2.20. The second-order valence-electron chi connectivity index (χ2n) is 4.70. The van der Waals surface area contributed by atoms with Gasteiger partial charge in [0.1, 0.15) is 0 Å². The highest BCUT2D eigenvalue weighted by atomic mass is 35.5. The third-order valence-electron chi connectivity index (χ3n) is 3.16. The number of rotatable bonds is 4. The summed E-state index contributed by atoms with van der Waals surface area (Å²) in [4.78, 5) is 23.8. The van der Waals surface area contributed by atoms with Gasteiger partial charge in [-0.05, 0) is 12.8 Å². The van der Waals surface area contributed by atoms with Gasteiger partial charge in [0.2, 0.25) is 5.91 Å². The summed E-state index contributed by atoms with van der Waals surface area (Å²) in [6, 6.07) is 6.41. The first-order valence-corrected chi connectivity index (χ1v) is 5.71. The van der Waals surface area contributed by atoms with Crippen molar-refractivity contribution in [2.45, 2.75) is 24.9 Å². The van der Waals surface area contributed by atoms with Gasteiger partial charge in [0, 0.05) is 18.7 Å². The average molecular weight is 286 g/mol. The smallest absolute Gasteiger partial charge is 0.274 e. The van der Waals surface area contributed by atoms with Crippen LogP contribution in [0.15, 0.2) is 24.3 Å². The SMILES string of the molecule is CN(Cc1ccccc1[N+](=O)[O-])C(=O)C1(N)CC1.Cl. The number of nitrogens with two attached hydrogens (primary N) is 1. The Kier molecular flexibility index (Phi) is 4.49. The standard InChI is InChI=1S/C12H15N3O3.ClH/c1-14(11(16)12(13)6-7-12)8-9-4-2-3-5-10(9)15(17)18;/h2-5H,6-8,13H2,1H3;1H.